The van der Waals surface area contributed by atoms with Crippen molar-refractivity contribution in [2.45, 2.75) is 20.0 Å². The van der Waals surface area contributed by atoms with Crippen LogP contribution >= 0.6 is 11.7 Å². The first-order valence-electron chi connectivity index (χ1n) is 8.58. The third-order valence-electron chi connectivity index (χ3n) is 4.11. The first-order valence-corrected chi connectivity index (χ1v) is 9.31. The summed E-state index contributed by atoms with van der Waals surface area (Å²) >= 11 is 1.18. The lowest BCUT2D eigenvalue weighted by molar-refractivity contribution is 0.0954. The number of aromatic nitrogens is 2. The quantitative estimate of drug-likeness (QED) is 0.645. The van der Waals surface area contributed by atoms with Crippen molar-refractivity contribution in [1.82, 2.24) is 14.1 Å². The summed E-state index contributed by atoms with van der Waals surface area (Å²) in [6.45, 7) is 2.81. The average Bonchev–Trinajstić information content (AvgIpc) is 3.12. The standard InChI is InChI=1S/C20H21N3O3S/c1-14-18(23-27-22-14)13-26-17-9-7-16(8-10-17)20(24)21-12-11-15-5-3-4-6-19(15)25-2/h3-10H,11-13H2,1-2H3,(H,21,24). The highest BCUT2D eigenvalue weighted by Gasteiger charge is 2.08. The van der Waals surface area contributed by atoms with Crippen LogP contribution in [-0.4, -0.2) is 28.3 Å². The summed E-state index contributed by atoms with van der Waals surface area (Å²) in [6, 6.07) is 14.9. The highest BCUT2D eigenvalue weighted by molar-refractivity contribution is 6.99. The summed E-state index contributed by atoms with van der Waals surface area (Å²) in [4.78, 5) is 12.3. The zero-order valence-electron chi connectivity index (χ0n) is 15.3. The third-order valence-corrected chi connectivity index (χ3v) is 4.77. The van der Waals surface area contributed by atoms with E-state index in [-0.39, 0.29) is 5.91 Å². The summed E-state index contributed by atoms with van der Waals surface area (Å²) in [5.74, 6) is 1.41. The molecule has 0 aliphatic carbocycles. The lowest BCUT2D eigenvalue weighted by atomic mass is 10.1. The number of nitrogens with one attached hydrogen (secondary N) is 1. The number of hydrogen-bond acceptors (Lipinski definition) is 6. The van der Waals surface area contributed by atoms with Gasteiger partial charge in [0.05, 0.1) is 24.5 Å². The Labute approximate surface area is 162 Å². The van der Waals surface area contributed by atoms with Crippen LogP contribution in [0.1, 0.15) is 27.3 Å². The van der Waals surface area contributed by atoms with Crippen molar-refractivity contribution in [2.24, 2.45) is 0 Å². The Morgan fingerprint density at radius 2 is 1.89 bits per heavy atom. The molecule has 140 valence electrons. The van der Waals surface area contributed by atoms with Crippen LogP contribution in [0.5, 0.6) is 11.5 Å². The van der Waals surface area contributed by atoms with E-state index in [2.05, 4.69) is 14.1 Å². The maximum atomic E-state index is 12.3. The Morgan fingerprint density at radius 3 is 2.59 bits per heavy atom. The van der Waals surface area contributed by atoms with Gasteiger partial charge in [-0.2, -0.15) is 8.75 Å². The van der Waals surface area contributed by atoms with Crippen LogP contribution in [0.15, 0.2) is 48.5 Å². The van der Waals surface area contributed by atoms with Gasteiger partial charge in [0.1, 0.15) is 23.8 Å². The van der Waals surface area contributed by atoms with Gasteiger partial charge in [0, 0.05) is 12.1 Å². The average molecular weight is 383 g/mol. The summed E-state index contributed by atoms with van der Waals surface area (Å²) in [5, 5.41) is 2.93. The van der Waals surface area contributed by atoms with Gasteiger partial charge in [-0.05, 0) is 49.2 Å². The molecule has 3 rings (SSSR count). The molecule has 1 aromatic heterocycles. The molecule has 1 amide bonds. The minimum absolute atomic E-state index is 0.115. The fourth-order valence-electron chi connectivity index (χ4n) is 2.56. The zero-order valence-corrected chi connectivity index (χ0v) is 16.1. The van der Waals surface area contributed by atoms with Crippen molar-refractivity contribution in [1.29, 1.82) is 0 Å². The first kappa shape index (κ1) is 18.8. The molecule has 6 nitrogen and oxygen atoms in total. The fourth-order valence-corrected chi connectivity index (χ4v) is 3.11. The molecule has 0 spiro atoms. The summed E-state index contributed by atoms with van der Waals surface area (Å²) in [5.41, 5.74) is 3.37. The van der Waals surface area contributed by atoms with Gasteiger partial charge in [0.2, 0.25) is 0 Å². The molecular formula is C20H21N3O3S. The monoisotopic (exact) mass is 383 g/mol. The molecule has 3 aromatic rings. The molecule has 2 aromatic carbocycles. The minimum atomic E-state index is -0.115. The van der Waals surface area contributed by atoms with E-state index in [9.17, 15) is 4.79 Å². The van der Waals surface area contributed by atoms with Crippen LogP contribution in [0.25, 0.3) is 0 Å². The SMILES string of the molecule is COc1ccccc1CCNC(=O)c1ccc(OCc2nsnc2C)cc1. The second-order valence-electron chi connectivity index (χ2n) is 5.93. The van der Waals surface area contributed by atoms with Gasteiger partial charge < -0.3 is 14.8 Å². The Kier molecular flexibility index (Phi) is 6.38. The molecule has 1 N–H and O–H groups in total. The molecule has 0 saturated heterocycles. The molecule has 7 heteroatoms. The van der Waals surface area contributed by atoms with Gasteiger partial charge in [-0.3, -0.25) is 4.79 Å². The maximum Gasteiger partial charge on any atom is 0.251 e. The molecule has 0 saturated carbocycles. The Bertz CT molecular complexity index is 893. The van der Waals surface area contributed by atoms with Crippen LogP contribution in [0, 0.1) is 6.92 Å². The van der Waals surface area contributed by atoms with Gasteiger partial charge in [-0.25, -0.2) is 0 Å². The van der Waals surface area contributed by atoms with Crippen molar-refractivity contribution in [3.05, 3.63) is 71.0 Å². The normalized spacial score (nSPS) is 10.4. The third kappa shape index (κ3) is 5.04. The first-order chi connectivity index (χ1) is 13.2. The number of benzene rings is 2. The van der Waals surface area contributed by atoms with Crippen LogP contribution < -0.4 is 14.8 Å². The molecule has 0 radical (unpaired) electrons. The number of hydrogen-bond donors (Lipinski definition) is 1. The van der Waals surface area contributed by atoms with Crippen molar-refractivity contribution >= 4 is 17.6 Å². The summed E-state index contributed by atoms with van der Waals surface area (Å²) in [7, 11) is 1.65. The van der Waals surface area contributed by atoms with E-state index in [0.717, 1.165) is 22.7 Å². The van der Waals surface area contributed by atoms with E-state index < -0.39 is 0 Å². The molecule has 27 heavy (non-hydrogen) atoms. The van der Waals surface area contributed by atoms with Gasteiger partial charge in [0.15, 0.2) is 0 Å². The number of nitrogens with zero attached hydrogens (tertiary/aromatic N) is 2. The summed E-state index contributed by atoms with van der Waals surface area (Å²) < 4.78 is 19.3. The minimum Gasteiger partial charge on any atom is -0.496 e. The van der Waals surface area contributed by atoms with E-state index in [0.29, 0.717) is 30.9 Å². The van der Waals surface area contributed by atoms with Crippen LogP contribution in [0.2, 0.25) is 0 Å². The smallest absolute Gasteiger partial charge is 0.251 e. The lowest BCUT2D eigenvalue weighted by Gasteiger charge is -2.10. The van der Waals surface area contributed by atoms with E-state index in [4.69, 9.17) is 9.47 Å². The molecule has 0 fully saturated rings. The number of rotatable bonds is 8. The number of methoxy groups -OCH3 is 1. The number of aryl methyl sites for hydroxylation is 1. The second kappa shape index (κ2) is 9.14. The number of para-hydroxylation sites is 1. The highest BCUT2D eigenvalue weighted by Crippen LogP contribution is 2.18. The Hall–Kier alpha value is -2.93. The molecule has 0 unspecified atom stereocenters. The largest absolute Gasteiger partial charge is 0.496 e. The van der Waals surface area contributed by atoms with Crippen molar-refractivity contribution in [2.75, 3.05) is 13.7 Å². The number of carbonyl (C=O) groups is 1. The molecule has 1 heterocycles. The van der Waals surface area contributed by atoms with Gasteiger partial charge in [-0.15, -0.1) is 0 Å². The lowest BCUT2D eigenvalue weighted by Crippen LogP contribution is -2.25. The highest BCUT2D eigenvalue weighted by atomic mass is 32.1. The molecule has 0 atom stereocenters. The molecule has 0 bridgehead atoms. The van der Waals surface area contributed by atoms with Gasteiger partial charge in [0.25, 0.3) is 5.91 Å². The second-order valence-corrected chi connectivity index (χ2v) is 6.46. The number of amides is 1. The van der Waals surface area contributed by atoms with Crippen molar-refractivity contribution in [3.8, 4) is 11.5 Å². The van der Waals surface area contributed by atoms with Crippen molar-refractivity contribution in [3.63, 3.8) is 0 Å². The maximum absolute atomic E-state index is 12.3. The topological polar surface area (TPSA) is 73.3 Å². The van der Waals surface area contributed by atoms with Gasteiger partial charge in [-0.1, -0.05) is 18.2 Å². The van der Waals surface area contributed by atoms with Crippen LogP contribution in [0.4, 0.5) is 0 Å². The molecule has 0 aliphatic rings. The molecule has 0 aliphatic heterocycles. The van der Waals surface area contributed by atoms with Crippen LogP contribution in [-0.2, 0) is 13.0 Å². The number of ether oxygens (including phenoxy) is 2. The van der Waals surface area contributed by atoms with Crippen molar-refractivity contribution < 1.29 is 14.3 Å². The predicted molar refractivity (Wildman–Crippen MR) is 104 cm³/mol. The van der Waals surface area contributed by atoms with E-state index in [1.807, 2.05) is 31.2 Å². The van der Waals surface area contributed by atoms with E-state index in [1.165, 1.54) is 11.7 Å². The Balaban J connectivity index is 1.49. The zero-order chi connectivity index (χ0) is 19.1. The predicted octanol–water partition coefficient (Wildman–Crippen LogP) is 3.41. The number of carbonyl (C=O) groups excluding carboxylic acids is 1. The Morgan fingerprint density at radius 1 is 1.11 bits per heavy atom. The van der Waals surface area contributed by atoms with Crippen LogP contribution in [0.3, 0.4) is 0 Å². The van der Waals surface area contributed by atoms with E-state index >= 15 is 0 Å². The summed E-state index contributed by atoms with van der Waals surface area (Å²) in [6.07, 6.45) is 0.706. The fraction of sp³-hybridized carbons (Fsp3) is 0.250. The molecular weight excluding hydrogens is 362 g/mol. The van der Waals surface area contributed by atoms with E-state index in [1.54, 1.807) is 31.4 Å². The van der Waals surface area contributed by atoms with Gasteiger partial charge >= 0.3 is 0 Å².